The number of carboxylic acid groups (broad SMARTS) is 1. The molecule has 0 aliphatic carbocycles. The van der Waals surface area contributed by atoms with E-state index in [9.17, 15) is 18.3 Å². The minimum absolute atomic E-state index is 0.243. The van der Waals surface area contributed by atoms with Crippen molar-refractivity contribution in [3.8, 4) is 34.1 Å². The van der Waals surface area contributed by atoms with Crippen molar-refractivity contribution in [2.45, 2.75) is 25.4 Å². The van der Waals surface area contributed by atoms with Gasteiger partial charge in [0.05, 0.1) is 0 Å². The number of rotatable bonds is 7. The number of thiophene rings is 1. The second-order valence-corrected chi connectivity index (χ2v) is 11.1. The molecule has 0 unspecified atom stereocenters. The van der Waals surface area contributed by atoms with Crippen LogP contribution in [0.25, 0.3) is 32.0 Å². The molecule has 1 fully saturated rings. The molecule has 2 heterocycles. The molecule has 1 aromatic heterocycles. The lowest BCUT2D eigenvalue weighted by molar-refractivity contribution is -0.192. The molecule has 4 aromatic carbocycles. The Hall–Kier alpha value is -4.28. The van der Waals surface area contributed by atoms with Crippen LogP contribution in [-0.2, 0) is 4.79 Å². The zero-order valence-corrected chi connectivity index (χ0v) is 24.0. The minimum Gasteiger partial charge on any atom is -0.508 e. The molecule has 5 aromatic rings. The van der Waals surface area contributed by atoms with Crippen LogP contribution in [0, 0.1) is 0 Å². The Labute approximate surface area is 250 Å². The number of phenolic OH excluding ortho intramolecular Hbond substituents is 1. The van der Waals surface area contributed by atoms with E-state index in [4.69, 9.17) is 19.4 Å². The number of fused-ring (bicyclic) bond motifs is 2. The summed E-state index contributed by atoms with van der Waals surface area (Å²) in [5, 5.41) is 22.4. The highest BCUT2D eigenvalue weighted by molar-refractivity contribution is 7.17. The van der Waals surface area contributed by atoms with Crippen molar-refractivity contribution in [1.82, 2.24) is 4.90 Å². The molecular weight excluding hydrogens is 579 g/mol. The summed E-state index contributed by atoms with van der Waals surface area (Å²) in [6.07, 6.45) is -1.15. The number of piperidine rings is 1. The molecule has 10 heteroatoms. The van der Waals surface area contributed by atoms with Gasteiger partial charge in [-0.3, -0.25) is 4.90 Å². The number of hydrogen-bond acceptors (Lipinski definition) is 6. The summed E-state index contributed by atoms with van der Waals surface area (Å²) < 4.78 is 45.5. The second kappa shape index (κ2) is 13.4. The Morgan fingerprint density at radius 2 is 1.58 bits per heavy atom. The van der Waals surface area contributed by atoms with Gasteiger partial charge in [-0.1, -0.05) is 18.6 Å². The van der Waals surface area contributed by atoms with Gasteiger partial charge < -0.3 is 19.7 Å². The van der Waals surface area contributed by atoms with Crippen LogP contribution in [-0.4, -0.2) is 53.5 Å². The number of likely N-dealkylation sites (tertiary alicyclic amines) is 1. The largest absolute Gasteiger partial charge is 0.508 e. The molecule has 1 aliphatic rings. The van der Waals surface area contributed by atoms with Gasteiger partial charge in [-0.05, 0) is 114 Å². The Balaban J connectivity index is 0.000000472. The molecule has 0 spiro atoms. The van der Waals surface area contributed by atoms with Gasteiger partial charge in [-0.15, -0.1) is 11.3 Å². The Bertz CT molecular complexity index is 1700. The van der Waals surface area contributed by atoms with Crippen LogP contribution < -0.4 is 9.47 Å². The van der Waals surface area contributed by atoms with E-state index in [-0.39, 0.29) is 5.75 Å². The van der Waals surface area contributed by atoms with Crippen LogP contribution in [0.15, 0.2) is 84.2 Å². The standard InChI is InChI=1S/C31H29NO3S.C2HF3O2/c33-25-6-12-29-23(21-25)4-11-28(22-5-13-30-24(20-22)14-19-36-30)31(29)35-27-9-7-26(8-10-27)34-18-17-32-15-2-1-3-16-32;3-2(4,5)1(6)7/h4-14,19-21,33H,1-3,15-18H2;(H,6,7). The lowest BCUT2D eigenvalue weighted by Crippen LogP contribution is -2.33. The molecule has 1 aliphatic heterocycles. The smallest absolute Gasteiger partial charge is 0.490 e. The van der Waals surface area contributed by atoms with Crippen LogP contribution in [0.4, 0.5) is 13.2 Å². The van der Waals surface area contributed by atoms with Crippen molar-refractivity contribution in [1.29, 1.82) is 0 Å². The van der Waals surface area contributed by atoms with E-state index in [1.807, 2.05) is 36.4 Å². The molecule has 224 valence electrons. The van der Waals surface area contributed by atoms with Gasteiger partial charge in [-0.2, -0.15) is 13.2 Å². The topological polar surface area (TPSA) is 79.2 Å². The molecule has 0 amide bonds. The Kier molecular flexibility index (Phi) is 9.37. The van der Waals surface area contributed by atoms with Gasteiger partial charge in [0, 0.05) is 22.2 Å². The fourth-order valence-corrected chi connectivity index (χ4v) is 5.73. The third-order valence-electron chi connectivity index (χ3n) is 7.13. The second-order valence-electron chi connectivity index (χ2n) is 10.1. The lowest BCUT2D eigenvalue weighted by Gasteiger charge is -2.26. The van der Waals surface area contributed by atoms with Gasteiger partial charge in [0.2, 0.25) is 0 Å². The number of carbonyl (C=O) groups is 1. The highest BCUT2D eigenvalue weighted by atomic mass is 32.1. The SMILES string of the molecule is O=C(O)C(F)(F)F.Oc1ccc2c(Oc3ccc(OCCN4CCCCC4)cc3)c(-c3ccc4sccc4c3)ccc2c1. The van der Waals surface area contributed by atoms with Crippen LogP contribution >= 0.6 is 11.3 Å². The van der Waals surface area contributed by atoms with Gasteiger partial charge in [0.25, 0.3) is 0 Å². The monoisotopic (exact) mass is 609 g/mol. The maximum atomic E-state index is 10.6. The third-order valence-corrected chi connectivity index (χ3v) is 8.03. The van der Waals surface area contributed by atoms with Crippen LogP contribution in [0.2, 0.25) is 0 Å². The first-order chi connectivity index (χ1) is 20.7. The van der Waals surface area contributed by atoms with Crippen molar-refractivity contribution in [2.75, 3.05) is 26.2 Å². The van der Waals surface area contributed by atoms with Gasteiger partial charge >= 0.3 is 12.1 Å². The summed E-state index contributed by atoms with van der Waals surface area (Å²) >= 11 is 1.74. The maximum Gasteiger partial charge on any atom is 0.490 e. The summed E-state index contributed by atoms with van der Waals surface area (Å²) in [5.74, 6) is -0.137. The molecule has 6 rings (SSSR count). The zero-order valence-electron chi connectivity index (χ0n) is 23.1. The highest BCUT2D eigenvalue weighted by Gasteiger charge is 2.38. The van der Waals surface area contributed by atoms with Crippen molar-refractivity contribution < 1.29 is 37.7 Å². The number of aliphatic carboxylic acids is 1. The molecule has 0 saturated carbocycles. The third kappa shape index (κ3) is 7.77. The molecule has 0 radical (unpaired) electrons. The molecule has 43 heavy (non-hydrogen) atoms. The van der Waals surface area contributed by atoms with Crippen molar-refractivity contribution >= 4 is 38.2 Å². The number of alkyl halides is 3. The van der Waals surface area contributed by atoms with Crippen molar-refractivity contribution in [3.63, 3.8) is 0 Å². The summed E-state index contributed by atoms with van der Waals surface area (Å²) in [6.45, 7) is 4.03. The molecular formula is C33H30F3NO5S. The average molecular weight is 610 g/mol. The molecule has 6 nitrogen and oxygen atoms in total. The summed E-state index contributed by atoms with van der Waals surface area (Å²) in [4.78, 5) is 11.4. The number of ether oxygens (including phenoxy) is 2. The Morgan fingerprint density at radius 3 is 2.30 bits per heavy atom. The lowest BCUT2D eigenvalue weighted by atomic mass is 9.98. The Morgan fingerprint density at radius 1 is 0.860 bits per heavy atom. The van der Waals surface area contributed by atoms with Gasteiger partial charge in [-0.25, -0.2) is 4.79 Å². The van der Waals surface area contributed by atoms with E-state index in [1.54, 1.807) is 23.5 Å². The predicted octanol–water partition coefficient (Wildman–Crippen LogP) is 8.72. The van der Waals surface area contributed by atoms with E-state index >= 15 is 0 Å². The van der Waals surface area contributed by atoms with E-state index in [0.29, 0.717) is 6.61 Å². The van der Waals surface area contributed by atoms with E-state index < -0.39 is 12.1 Å². The summed E-state index contributed by atoms with van der Waals surface area (Å²) in [7, 11) is 0. The number of halogens is 3. The van der Waals surface area contributed by atoms with Crippen LogP contribution in [0.1, 0.15) is 19.3 Å². The van der Waals surface area contributed by atoms with Crippen LogP contribution in [0.3, 0.4) is 0 Å². The number of aromatic hydroxyl groups is 1. The quantitative estimate of drug-likeness (QED) is 0.192. The fraction of sp³-hybridized carbons (Fsp3) is 0.242. The molecule has 0 bridgehead atoms. The summed E-state index contributed by atoms with van der Waals surface area (Å²) in [6, 6.07) is 26.0. The van der Waals surface area contributed by atoms with Gasteiger partial charge in [0.1, 0.15) is 29.6 Å². The van der Waals surface area contributed by atoms with E-state index in [1.165, 1.54) is 42.4 Å². The number of nitrogens with zero attached hydrogens (tertiary/aromatic N) is 1. The minimum atomic E-state index is -5.08. The average Bonchev–Trinajstić information content (AvgIpc) is 3.47. The van der Waals surface area contributed by atoms with Crippen molar-refractivity contribution in [2.24, 2.45) is 0 Å². The first kappa shape index (κ1) is 30.2. The summed E-state index contributed by atoms with van der Waals surface area (Å²) in [5.41, 5.74) is 2.12. The number of phenols is 1. The van der Waals surface area contributed by atoms with Gasteiger partial charge in [0.15, 0.2) is 0 Å². The molecule has 0 atom stereocenters. The first-order valence-corrected chi connectivity index (χ1v) is 14.7. The predicted molar refractivity (Wildman–Crippen MR) is 162 cm³/mol. The number of benzene rings is 4. The zero-order chi connectivity index (χ0) is 30.4. The maximum absolute atomic E-state index is 10.6. The van der Waals surface area contributed by atoms with E-state index in [2.05, 4.69) is 40.6 Å². The molecule has 1 saturated heterocycles. The first-order valence-electron chi connectivity index (χ1n) is 13.8. The van der Waals surface area contributed by atoms with E-state index in [0.717, 1.165) is 45.7 Å². The highest BCUT2D eigenvalue weighted by Crippen LogP contribution is 2.41. The van der Waals surface area contributed by atoms with Crippen molar-refractivity contribution in [3.05, 3.63) is 84.2 Å². The normalized spacial score (nSPS) is 13.8. The number of hydrogen-bond donors (Lipinski definition) is 2. The fourth-order valence-electron chi connectivity index (χ4n) is 4.96. The molecule has 2 N–H and O–H groups in total. The van der Waals surface area contributed by atoms with Crippen LogP contribution in [0.5, 0.6) is 23.0 Å². The number of carboxylic acids is 1.